The van der Waals surface area contributed by atoms with E-state index in [2.05, 4.69) is 10.6 Å². The first-order valence-corrected chi connectivity index (χ1v) is 7.59. The number of nitrogen functional groups attached to an aromatic ring is 1. The number of nitrogens with one attached hydrogen (secondary N) is 2. The molecule has 6 heteroatoms. The van der Waals surface area contributed by atoms with Crippen molar-refractivity contribution in [1.82, 2.24) is 0 Å². The molecule has 0 heterocycles. The van der Waals surface area contributed by atoms with Gasteiger partial charge in [-0.15, -0.1) is 0 Å². The van der Waals surface area contributed by atoms with E-state index >= 15 is 0 Å². The highest BCUT2D eigenvalue weighted by molar-refractivity contribution is 6.33. The van der Waals surface area contributed by atoms with Crippen LogP contribution < -0.4 is 16.4 Å². The lowest BCUT2D eigenvalue weighted by molar-refractivity contribution is -0.112. The number of carbonyl (C=O) groups is 1. The van der Waals surface area contributed by atoms with Gasteiger partial charge in [-0.1, -0.05) is 23.7 Å². The number of benzene rings is 2. The van der Waals surface area contributed by atoms with Crippen molar-refractivity contribution in [2.24, 2.45) is 0 Å². The molecule has 0 aliphatic carbocycles. The van der Waals surface area contributed by atoms with Crippen molar-refractivity contribution < 1.29 is 4.79 Å². The molecule has 0 aliphatic heterocycles. The molecule has 24 heavy (non-hydrogen) atoms. The molecule has 0 bridgehead atoms. The zero-order valence-electron chi connectivity index (χ0n) is 13.4. The van der Waals surface area contributed by atoms with E-state index in [0.29, 0.717) is 22.1 Å². The van der Waals surface area contributed by atoms with E-state index in [-0.39, 0.29) is 5.57 Å². The van der Waals surface area contributed by atoms with Crippen LogP contribution in [0.3, 0.4) is 0 Å². The Morgan fingerprint density at radius 2 is 2.00 bits per heavy atom. The van der Waals surface area contributed by atoms with Crippen molar-refractivity contribution in [3.8, 4) is 6.07 Å². The van der Waals surface area contributed by atoms with Crippen molar-refractivity contribution in [2.75, 3.05) is 16.4 Å². The first-order chi connectivity index (χ1) is 11.4. The fourth-order valence-electron chi connectivity index (χ4n) is 2.02. The largest absolute Gasteiger partial charge is 0.399 e. The van der Waals surface area contributed by atoms with Crippen LogP contribution in [0.25, 0.3) is 0 Å². The first-order valence-electron chi connectivity index (χ1n) is 7.21. The lowest BCUT2D eigenvalue weighted by Gasteiger charge is -2.10. The third-order valence-corrected chi connectivity index (χ3v) is 3.90. The standard InChI is InChI=1S/C18H17ClN4O/c1-11-4-3-5-16(12(11)2)23-18(24)13(9-20)10-22-17-7-6-14(21)8-15(17)19/h3-8,10,22H,21H2,1-2H3,(H,23,24)/b13-10-. The molecule has 0 aromatic heterocycles. The molecule has 4 N–H and O–H groups in total. The van der Waals surface area contributed by atoms with Crippen molar-refractivity contribution in [3.63, 3.8) is 0 Å². The van der Waals surface area contributed by atoms with Crippen molar-refractivity contribution >= 4 is 34.6 Å². The van der Waals surface area contributed by atoms with E-state index in [0.717, 1.165) is 11.1 Å². The highest BCUT2D eigenvalue weighted by atomic mass is 35.5. The van der Waals surface area contributed by atoms with Crippen LogP contribution in [0, 0.1) is 25.2 Å². The van der Waals surface area contributed by atoms with Gasteiger partial charge in [-0.2, -0.15) is 5.26 Å². The molecule has 1 amide bonds. The van der Waals surface area contributed by atoms with Crippen LogP contribution in [-0.4, -0.2) is 5.91 Å². The van der Waals surface area contributed by atoms with E-state index in [1.165, 1.54) is 6.20 Å². The van der Waals surface area contributed by atoms with Gasteiger partial charge in [0.2, 0.25) is 0 Å². The van der Waals surface area contributed by atoms with E-state index in [1.54, 1.807) is 24.3 Å². The van der Waals surface area contributed by atoms with Gasteiger partial charge in [0.1, 0.15) is 11.6 Å². The molecule has 2 aromatic carbocycles. The van der Waals surface area contributed by atoms with E-state index in [4.69, 9.17) is 17.3 Å². The highest BCUT2D eigenvalue weighted by Gasteiger charge is 2.11. The van der Waals surface area contributed by atoms with Gasteiger partial charge in [-0.05, 0) is 49.2 Å². The Balaban J connectivity index is 2.17. The van der Waals surface area contributed by atoms with Crippen LogP contribution in [0.5, 0.6) is 0 Å². The van der Waals surface area contributed by atoms with Crippen molar-refractivity contribution in [3.05, 3.63) is 64.3 Å². The maximum Gasteiger partial charge on any atom is 0.267 e. The molecule has 2 rings (SSSR count). The summed E-state index contributed by atoms with van der Waals surface area (Å²) in [6.45, 7) is 3.86. The number of carbonyl (C=O) groups excluding carboxylic acids is 1. The maximum absolute atomic E-state index is 12.3. The summed E-state index contributed by atoms with van der Waals surface area (Å²) < 4.78 is 0. The fourth-order valence-corrected chi connectivity index (χ4v) is 2.27. The molecule has 0 unspecified atom stereocenters. The summed E-state index contributed by atoms with van der Waals surface area (Å²) in [5.74, 6) is -0.495. The Labute approximate surface area is 145 Å². The van der Waals surface area contributed by atoms with E-state index in [9.17, 15) is 10.1 Å². The van der Waals surface area contributed by atoms with Gasteiger partial charge in [-0.25, -0.2) is 0 Å². The predicted octanol–water partition coefficient (Wildman–Crippen LogP) is 4.00. The normalized spacial score (nSPS) is 10.8. The molecule has 0 saturated carbocycles. The van der Waals surface area contributed by atoms with Crippen LogP contribution >= 0.6 is 11.6 Å². The second kappa shape index (κ2) is 7.53. The van der Waals surface area contributed by atoms with Gasteiger partial charge in [0.15, 0.2) is 0 Å². The zero-order chi connectivity index (χ0) is 17.7. The first kappa shape index (κ1) is 17.4. The lowest BCUT2D eigenvalue weighted by atomic mass is 10.1. The number of rotatable bonds is 4. The summed E-state index contributed by atoms with van der Waals surface area (Å²) in [6, 6.07) is 12.4. The number of nitrogens with zero attached hydrogens (tertiary/aromatic N) is 1. The Hall–Kier alpha value is -2.97. The molecule has 0 fully saturated rings. The number of halogens is 1. The molecule has 0 aliphatic rings. The monoisotopic (exact) mass is 340 g/mol. The Kier molecular flexibility index (Phi) is 5.46. The third-order valence-electron chi connectivity index (χ3n) is 3.58. The minimum Gasteiger partial charge on any atom is -0.399 e. The summed E-state index contributed by atoms with van der Waals surface area (Å²) in [7, 11) is 0. The van der Waals surface area contributed by atoms with Crippen LogP contribution in [0.1, 0.15) is 11.1 Å². The summed E-state index contributed by atoms with van der Waals surface area (Å²) in [6.07, 6.45) is 1.32. The minimum atomic E-state index is -0.495. The second-order valence-electron chi connectivity index (χ2n) is 5.26. The Morgan fingerprint density at radius 1 is 1.25 bits per heavy atom. The molecule has 0 radical (unpaired) electrons. The van der Waals surface area contributed by atoms with Crippen molar-refractivity contribution in [2.45, 2.75) is 13.8 Å². The second-order valence-corrected chi connectivity index (χ2v) is 5.66. The smallest absolute Gasteiger partial charge is 0.267 e. The molecule has 0 spiro atoms. The minimum absolute atomic E-state index is 0.0659. The number of amides is 1. The summed E-state index contributed by atoms with van der Waals surface area (Å²) >= 11 is 6.05. The van der Waals surface area contributed by atoms with Gasteiger partial charge in [-0.3, -0.25) is 4.79 Å². The lowest BCUT2D eigenvalue weighted by Crippen LogP contribution is -2.15. The van der Waals surface area contributed by atoms with Gasteiger partial charge in [0, 0.05) is 17.6 Å². The molecular formula is C18H17ClN4O. The number of hydrogen-bond donors (Lipinski definition) is 3. The molecule has 122 valence electrons. The number of hydrogen-bond acceptors (Lipinski definition) is 4. The van der Waals surface area contributed by atoms with Gasteiger partial charge in [0.05, 0.1) is 10.7 Å². The highest BCUT2D eigenvalue weighted by Crippen LogP contribution is 2.24. The quantitative estimate of drug-likeness (QED) is 0.445. The average molecular weight is 341 g/mol. The van der Waals surface area contributed by atoms with Gasteiger partial charge in [0.25, 0.3) is 5.91 Å². The zero-order valence-corrected chi connectivity index (χ0v) is 14.1. The van der Waals surface area contributed by atoms with Crippen LogP contribution in [0.4, 0.5) is 17.1 Å². The summed E-state index contributed by atoms with van der Waals surface area (Å²) in [5.41, 5.74) is 9.33. The van der Waals surface area contributed by atoms with Crippen LogP contribution in [0.15, 0.2) is 48.2 Å². The third kappa shape index (κ3) is 4.06. The van der Waals surface area contributed by atoms with E-state index in [1.807, 2.05) is 32.0 Å². The number of nitriles is 1. The molecular weight excluding hydrogens is 324 g/mol. The van der Waals surface area contributed by atoms with E-state index < -0.39 is 5.91 Å². The van der Waals surface area contributed by atoms with Crippen molar-refractivity contribution in [1.29, 1.82) is 5.26 Å². The van der Waals surface area contributed by atoms with Gasteiger partial charge >= 0.3 is 0 Å². The number of nitrogens with two attached hydrogens (primary N) is 1. The predicted molar refractivity (Wildman–Crippen MR) is 97.7 cm³/mol. The topological polar surface area (TPSA) is 90.9 Å². The SMILES string of the molecule is Cc1cccc(NC(=O)/C(C#N)=C\Nc2ccc(N)cc2Cl)c1C. The van der Waals surface area contributed by atoms with Crippen LogP contribution in [0.2, 0.25) is 5.02 Å². The Morgan fingerprint density at radius 3 is 2.67 bits per heavy atom. The summed E-state index contributed by atoms with van der Waals surface area (Å²) in [4.78, 5) is 12.3. The summed E-state index contributed by atoms with van der Waals surface area (Å²) in [5, 5.41) is 15.2. The van der Waals surface area contributed by atoms with Gasteiger partial charge < -0.3 is 16.4 Å². The molecule has 0 atom stereocenters. The number of aryl methyl sites for hydroxylation is 1. The average Bonchev–Trinajstić information content (AvgIpc) is 2.54. The maximum atomic E-state index is 12.3. The number of anilines is 3. The fraction of sp³-hybridized carbons (Fsp3) is 0.111. The Bertz CT molecular complexity index is 853. The molecule has 0 saturated heterocycles. The molecule has 5 nitrogen and oxygen atoms in total. The van der Waals surface area contributed by atoms with Crippen LogP contribution in [-0.2, 0) is 4.79 Å². The molecule has 2 aromatic rings.